The van der Waals surface area contributed by atoms with E-state index in [0.29, 0.717) is 0 Å². The van der Waals surface area contributed by atoms with Crippen LogP contribution in [0, 0.1) is 5.41 Å². The molecule has 1 heterocycles. The molecule has 1 aromatic rings. The number of hydrogen-bond acceptors (Lipinski definition) is 2. The lowest BCUT2D eigenvalue weighted by Crippen LogP contribution is -2.38. The smallest absolute Gasteiger partial charge is 0.320 e. The molecule has 0 amide bonds. The van der Waals surface area contributed by atoms with Crippen LogP contribution in [0.15, 0.2) is 30.3 Å². The van der Waals surface area contributed by atoms with Crippen molar-refractivity contribution in [2.24, 2.45) is 5.41 Å². The van der Waals surface area contributed by atoms with Crippen LogP contribution in [0.2, 0.25) is 0 Å². The highest BCUT2D eigenvalue weighted by atomic mass is 16.4. The van der Waals surface area contributed by atoms with Gasteiger partial charge in [-0.1, -0.05) is 37.3 Å². The van der Waals surface area contributed by atoms with Gasteiger partial charge in [0.15, 0.2) is 0 Å². The van der Waals surface area contributed by atoms with E-state index in [4.69, 9.17) is 5.11 Å². The number of carbonyl (C=O) groups is 1. The summed E-state index contributed by atoms with van der Waals surface area (Å²) in [7, 11) is 0. The molecule has 1 aliphatic rings. The van der Waals surface area contributed by atoms with Crippen LogP contribution in [-0.2, 0) is 11.2 Å². The van der Waals surface area contributed by atoms with Crippen molar-refractivity contribution in [1.29, 1.82) is 0 Å². The van der Waals surface area contributed by atoms with Crippen molar-refractivity contribution in [1.82, 2.24) is 4.90 Å². The van der Waals surface area contributed by atoms with Crippen LogP contribution in [-0.4, -0.2) is 35.1 Å². The average Bonchev–Trinajstić information content (AvgIpc) is 2.80. The van der Waals surface area contributed by atoms with Gasteiger partial charge < -0.3 is 5.11 Å². The minimum absolute atomic E-state index is 0.250. The summed E-state index contributed by atoms with van der Waals surface area (Å²) >= 11 is 0. The predicted octanol–water partition coefficient (Wildman–Crippen LogP) is 2.80. The molecular formula is C16H23NO2. The lowest BCUT2D eigenvalue weighted by molar-refractivity contribution is -0.142. The van der Waals surface area contributed by atoms with Crippen molar-refractivity contribution in [2.75, 3.05) is 13.1 Å². The number of carboxylic acids is 1. The van der Waals surface area contributed by atoms with Gasteiger partial charge in [-0.05, 0) is 43.7 Å². The highest BCUT2D eigenvalue weighted by Gasteiger charge is 2.36. The maximum atomic E-state index is 11.0. The summed E-state index contributed by atoms with van der Waals surface area (Å²) in [4.78, 5) is 13.1. The van der Waals surface area contributed by atoms with Crippen LogP contribution in [0.25, 0.3) is 0 Å². The van der Waals surface area contributed by atoms with E-state index in [2.05, 4.69) is 36.1 Å². The molecule has 104 valence electrons. The number of aryl methyl sites for hydroxylation is 1. The molecule has 1 saturated heterocycles. The summed E-state index contributed by atoms with van der Waals surface area (Å²) in [6.07, 6.45) is 3.30. The summed E-state index contributed by atoms with van der Waals surface area (Å²) in [5, 5.41) is 9.08. The van der Waals surface area contributed by atoms with Gasteiger partial charge in [-0.25, -0.2) is 0 Å². The first-order valence-electron chi connectivity index (χ1n) is 7.01. The Morgan fingerprint density at radius 1 is 1.42 bits per heavy atom. The van der Waals surface area contributed by atoms with E-state index in [9.17, 15) is 4.79 Å². The number of aliphatic carboxylic acids is 1. The maximum Gasteiger partial charge on any atom is 0.320 e. The number of likely N-dealkylation sites (tertiary alicyclic amines) is 1. The first-order valence-corrected chi connectivity index (χ1v) is 7.01. The quantitative estimate of drug-likeness (QED) is 0.886. The molecule has 0 saturated carbocycles. The Balaban J connectivity index is 1.89. The van der Waals surface area contributed by atoms with Gasteiger partial charge in [-0.15, -0.1) is 0 Å². The van der Waals surface area contributed by atoms with Crippen LogP contribution >= 0.6 is 0 Å². The molecule has 1 aliphatic heterocycles. The molecule has 1 aromatic carbocycles. The van der Waals surface area contributed by atoms with Gasteiger partial charge in [0.2, 0.25) is 0 Å². The predicted molar refractivity (Wildman–Crippen MR) is 76.2 cm³/mol. The molecule has 3 heteroatoms. The Morgan fingerprint density at radius 2 is 2.11 bits per heavy atom. The molecule has 0 aromatic heterocycles. The van der Waals surface area contributed by atoms with Crippen molar-refractivity contribution < 1.29 is 9.90 Å². The third-order valence-electron chi connectivity index (χ3n) is 4.35. The number of benzene rings is 1. The fourth-order valence-electron chi connectivity index (χ4n) is 2.84. The molecule has 19 heavy (non-hydrogen) atoms. The van der Waals surface area contributed by atoms with Crippen LogP contribution in [0.1, 0.15) is 32.3 Å². The summed E-state index contributed by atoms with van der Waals surface area (Å²) in [6.45, 7) is 5.86. The van der Waals surface area contributed by atoms with Gasteiger partial charge in [0.1, 0.15) is 6.04 Å². The summed E-state index contributed by atoms with van der Waals surface area (Å²) in [5.74, 6) is -0.715. The second-order valence-electron chi connectivity index (χ2n) is 6.03. The van der Waals surface area contributed by atoms with Crippen molar-refractivity contribution in [3.63, 3.8) is 0 Å². The lowest BCUT2D eigenvalue weighted by atomic mass is 9.83. The summed E-state index contributed by atoms with van der Waals surface area (Å²) in [6, 6.07) is 10.2. The number of rotatable bonds is 5. The number of hydrogen-bond donors (Lipinski definition) is 1. The van der Waals surface area contributed by atoms with Crippen molar-refractivity contribution in [2.45, 2.75) is 39.2 Å². The largest absolute Gasteiger partial charge is 0.480 e. The van der Waals surface area contributed by atoms with Crippen LogP contribution in [0.4, 0.5) is 0 Å². The fraction of sp³-hybridized carbons (Fsp3) is 0.562. The Bertz CT molecular complexity index is 432. The maximum absolute atomic E-state index is 11.0. The zero-order chi connectivity index (χ0) is 13.9. The van der Waals surface area contributed by atoms with Crippen LogP contribution in [0.3, 0.4) is 0 Å². The van der Waals surface area contributed by atoms with E-state index in [-0.39, 0.29) is 11.5 Å². The van der Waals surface area contributed by atoms with Crippen molar-refractivity contribution >= 4 is 5.97 Å². The average molecular weight is 261 g/mol. The Labute approximate surface area is 115 Å². The third kappa shape index (κ3) is 3.57. The van der Waals surface area contributed by atoms with E-state index in [1.807, 2.05) is 6.07 Å². The van der Waals surface area contributed by atoms with Gasteiger partial charge in [0.25, 0.3) is 0 Å². The minimum atomic E-state index is -0.715. The van der Waals surface area contributed by atoms with Crippen molar-refractivity contribution in [3.8, 4) is 0 Å². The second kappa shape index (κ2) is 5.74. The first-order chi connectivity index (χ1) is 9.00. The Hall–Kier alpha value is -1.35. The highest BCUT2D eigenvalue weighted by Crippen LogP contribution is 2.35. The lowest BCUT2D eigenvalue weighted by Gasteiger charge is -2.26. The molecule has 2 rings (SSSR count). The summed E-state index contributed by atoms with van der Waals surface area (Å²) in [5.41, 5.74) is 1.62. The Kier molecular flexibility index (Phi) is 4.25. The molecule has 0 spiro atoms. The van der Waals surface area contributed by atoms with E-state index in [1.165, 1.54) is 5.56 Å². The van der Waals surface area contributed by atoms with E-state index in [1.54, 1.807) is 6.92 Å². The zero-order valence-electron chi connectivity index (χ0n) is 11.8. The van der Waals surface area contributed by atoms with Gasteiger partial charge in [0, 0.05) is 6.54 Å². The highest BCUT2D eigenvalue weighted by molar-refractivity contribution is 5.72. The molecule has 1 N–H and O–H groups in total. The molecule has 3 nitrogen and oxygen atoms in total. The first kappa shape index (κ1) is 14.1. The van der Waals surface area contributed by atoms with Gasteiger partial charge in [-0.2, -0.15) is 0 Å². The van der Waals surface area contributed by atoms with Crippen molar-refractivity contribution in [3.05, 3.63) is 35.9 Å². The number of carboxylic acid groups (broad SMARTS) is 1. The molecule has 0 aliphatic carbocycles. The van der Waals surface area contributed by atoms with E-state index < -0.39 is 5.97 Å². The van der Waals surface area contributed by atoms with Crippen LogP contribution < -0.4 is 0 Å². The minimum Gasteiger partial charge on any atom is -0.480 e. The SMILES string of the molecule is CC(C(=O)O)N1CCC(C)(CCc2ccccc2)C1. The standard InChI is InChI=1S/C16H23NO2/c1-13(15(18)19)17-11-10-16(2,12-17)9-8-14-6-4-3-5-7-14/h3-7,13H,8-12H2,1-2H3,(H,18,19). The van der Waals surface area contributed by atoms with Gasteiger partial charge >= 0.3 is 5.97 Å². The van der Waals surface area contributed by atoms with E-state index in [0.717, 1.165) is 32.4 Å². The molecule has 1 fully saturated rings. The summed E-state index contributed by atoms with van der Waals surface area (Å²) < 4.78 is 0. The fourth-order valence-corrected chi connectivity index (χ4v) is 2.84. The molecular weight excluding hydrogens is 238 g/mol. The van der Waals surface area contributed by atoms with Crippen LogP contribution in [0.5, 0.6) is 0 Å². The molecule has 2 unspecified atom stereocenters. The van der Waals surface area contributed by atoms with Gasteiger partial charge in [-0.3, -0.25) is 9.69 Å². The third-order valence-corrected chi connectivity index (χ3v) is 4.35. The second-order valence-corrected chi connectivity index (χ2v) is 6.03. The zero-order valence-corrected chi connectivity index (χ0v) is 11.8. The topological polar surface area (TPSA) is 40.5 Å². The monoisotopic (exact) mass is 261 g/mol. The van der Waals surface area contributed by atoms with Gasteiger partial charge in [0.05, 0.1) is 0 Å². The Morgan fingerprint density at radius 3 is 2.74 bits per heavy atom. The normalized spacial score (nSPS) is 25.4. The van der Waals surface area contributed by atoms with E-state index >= 15 is 0 Å². The molecule has 0 radical (unpaired) electrons. The molecule has 2 atom stereocenters. The molecule has 0 bridgehead atoms. The number of nitrogens with zero attached hydrogens (tertiary/aromatic N) is 1.